The van der Waals surface area contributed by atoms with E-state index < -0.39 is 69.0 Å². The second kappa shape index (κ2) is 26.4. The van der Waals surface area contributed by atoms with Crippen LogP contribution in [0.3, 0.4) is 0 Å². The molecule has 2 aliphatic heterocycles. The van der Waals surface area contributed by atoms with Crippen LogP contribution in [0.5, 0.6) is 0 Å². The number of carbonyl (C=O) groups is 1. The zero-order valence-corrected chi connectivity index (χ0v) is 53.3. The number of aliphatic imine (C=N–C) groups is 2. The van der Waals surface area contributed by atoms with Gasteiger partial charge in [0.2, 0.25) is 0 Å². The second-order valence-electron chi connectivity index (χ2n) is 23.3. The zero-order valence-electron chi connectivity index (χ0n) is 48.3. The van der Waals surface area contributed by atoms with Crippen molar-refractivity contribution in [2.75, 3.05) is 40.8 Å². The van der Waals surface area contributed by atoms with Crippen molar-refractivity contribution >= 4 is 105 Å². The molecule has 6 atom stereocenters. The van der Waals surface area contributed by atoms with Crippen molar-refractivity contribution in [1.29, 1.82) is 0 Å². The standard InChI is InChI=1S/C31H41ClF2N4O4SSi.C20H19ClF2N4OS.C7H8O3S/c1-29(2,3)42-28(39)38(19-41-11-12-44(6,7)8)27-37-30(4,25-15-31(25,43-27)18-40-5)21-13-20(9-10-22(21)33)14-23(34)24-16-36-26(32)17-35-24;1-19(16-7-20(16,10-28-2)29-18(24)27-19)12-5-11(3-4-13(12)22)6-14(23)15-8-26-17(21)9-25-15;1-6-2-4-7(5-3-6)11(8,9)10/h9-10,13-14,16-17,25H,11-12,15,18-19H2,1-8H3;3-6,8-9,16H,7,10H2,1-2H3,(H2,24,27);2-5H,1H3,(H,8,9,10)/b23-14-;14-6-;/t25-,30+,31+;16-,19+,20+;/m00./s1. The van der Waals surface area contributed by atoms with Gasteiger partial charge in [0.1, 0.15) is 45.7 Å². The van der Waals surface area contributed by atoms with Gasteiger partial charge in [0, 0.05) is 51.9 Å². The first-order valence-corrected chi connectivity index (χ1v) is 34.0. The van der Waals surface area contributed by atoms with Gasteiger partial charge in [-0.3, -0.25) is 14.5 Å². The van der Waals surface area contributed by atoms with Crippen LogP contribution in [-0.4, -0.2) is 118 Å². The minimum absolute atomic E-state index is 0.00398. The monoisotopic (exact) mass is 1270 g/mol. The Hall–Kier alpha value is -5.28. The Morgan fingerprint density at radius 2 is 1.26 bits per heavy atom. The molecule has 0 saturated heterocycles. The summed E-state index contributed by atoms with van der Waals surface area (Å²) in [5.41, 5.74) is 5.95. The fourth-order valence-corrected chi connectivity index (χ4v) is 14.3. The number of hydrogen-bond donors (Lipinski definition) is 2. The van der Waals surface area contributed by atoms with Gasteiger partial charge in [-0.15, -0.1) is 0 Å². The third kappa shape index (κ3) is 16.4. The fraction of sp³-hybridized carbons (Fsp3) is 0.431. The molecule has 16 nitrogen and oxygen atoms in total. The molecule has 5 aromatic rings. The van der Waals surface area contributed by atoms with E-state index in [1.807, 2.05) is 20.8 Å². The minimum Gasteiger partial charge on any atom is -0.443 e. The maximum atomic E-state index is 15.7. The summed E-state index contributed by atoms with van der Waals surface area (Å²) >= 11 is 14.4. The molecule has 0 bridgehead atoms. The molecule has 0 radical (unpaired) electrons. The lowest BCUT2D eigenvalue weighted by Crippen LogP contribution is -2.46. The van der Waals surface area contributed by atoms with Crippen molar-refractivity contribution in [3.8, 4) is 0 Å². The Bertz CT molecular complexity index is 3460. The highest BCUT2D eigenvalue weighted by molar-refractivity contribution is 8.15. The lowest BCUT2D eigenvalue weighted by Gasteiger charge is -2.38. The summed E-state index contributed by atoms with van der Waals surface area (Å²) in [7, 11) is -2.14. The number of methoxy groups -OCH3 is 2. The van der Waals surface area contributed by atoms with Crippen LogP contribution in [0.4, 0.5) is 22.4 Å². The van der Waals surface area contributed by atoms with Crippen molar-refractivity contribution in [2.45, 2.75) is 111 Å². The van der Waals surface area contributed by atoms with Gasteiger partial charge in [0.15, 0.2) is 22.0 Å². The van der Waals surface area contributed by atoms with Crippen LogP contribution < -0.4 is 5.73 Å². The van der Waals surface area contributed by atoms with Crippen molar-refractivity contribution in [2.24, 2.45) is 27.6 Å². The largest absolute Gasteiger partial charge is 0.443 e. The lowest BCUT2D eigenvalue weighted by molar-refractivity contribution is 0.0109. The minimum atomic E-state index is -4.02. The molecule has 452 valence electrons. The lowest BCUT2D eigenvalue weighted by atomic mass is 9.85. The van der Waals surface area contributed by atoms with Gasteiger partial charge in [-0.25, -0.2) is 47.2 Å². The van der Waals surface area contributed by atoms with Crippen molar-refractivity contribution in [3.05, 3.63) is 147 Å². The molecule has 3 N–H and O–H groups in total. The number of carbonyl (C=O) groups excluding carboxylic acids is 1. The smallest absolute Gasteiger partial charge is 0.418 e. The maximum Gasteiger partial charge on any atom is 0.418 e. The number of fused-ring (bicyclic) bond motifs is 2. The first kappa shape index (κ1) is 66.2. The number of hydrogen-bond acceptors (Lipinski definition) is 16. The van der Waals surface area contributed by atoms with Crippen molar-refractivity contribution in [3.63, 3.8) is 0 Å². The maximum absolute atomic E-state index is 15.7. The van der Waals surface area contributed by atoms with Gasteiger partial charge in [-0.1, -0.05) is 96.2 Å². The predicted octanol–water partition coefficient (Wildman–Crippen LogP) is 13.7. The molecule has 3 aromatic carbocycles. The Balaban J connectivity index is 0.000000215. The Kier molecular flexibility index (Phi) is 20.8. The predicted molar refractivity (Wildman–Crippen MR) is 327 cm³/mol. The highest BCUT2D eigenvalue weighted by Crippen LogP contribution is 2.67. The van der Waals surface area contributed by atoms with E-state index in [1.54, 1.807) is 59.3 Å². The average Bonchev–Trinajstić information content (AvgIpc) is 1.61. The van der Waals surface area contributed by atoms with Gasteiger partial charge in [0.05, 0.1) is 63.5 Å². The summed E-state index contributed by atoms with van der Waals surface area (Å²) in [6.07, 6.45) is 8.44. The molecule has 2 aliphatic carbocycles. The third-order valence-electron chi connectivity index (χ3n) is 14.2. The van der Waals surface area contributed by atoms with Crippen LogP contribution in [0.1, 0.15) is 86.7 Å². The van der Waals surface area contributed by atoms with Crippen molar-refractivity contribution < 1.29 is 54.3 Å². The first-order valence-electron chi connectivity index (χ1n) is 26.5. The number of amides is 1. The molecule has 4 aliphatic rings. The van der Waals surface area contributed by atoms with E-state index in [2.05, 4.69) is 44.6 Å². The summed E-state index contributed by atoms with van der Waals surface area (Å²) < 4.78 is 112. The second-order valence-corrected chi connectivity index (χ2v) is 33.9. The van der Waals surface area contributed by atoms with Crippen LogP contribution in [0.25, 0.3) is 23.8 Å². The summed E-state index contributed by atoms with van der Waals surface area (Å²) in [4.78, 5) is 40.1. The number of ether oxygens (including phenoxy) is 4. The molecule has 4 heterocycles. The Labute approximate surface area is 507 Å². The molecule has 0 unspecified atom stereocenters. The number of aryl methyl sites for hydroxylation is 1. The number of amidine groups is 2. The quantitative estimate of drug-likeness (QED) is 0.0309. The van der Waals surface area contributed by atoms with Gasteiger partial charge in [-0.2, -0.15) is 8.42 Å². The normalized spacial score (nSPS) is 23.7. The third-order valence-corrected chi connectivity index (χ3v) is 19.9. The molecule has 26 heteroatoms. The molecule has 1 amide bonds. The number of aromatic nitrogens is 4. The van der Waals surface area contributed by atoms with E-state index in [0.29, 0.717) is 53.3 Å². The van der Waals surface area contributed by atoms with Gasteiger partial charge >= 0.3 is 6.09 Å². The topological polar surface area (TPSA) is 214 Å². The number of rotatable bonds is 16. The molecule has 9 rings (SSSR count). The first-order chi connectivity index (χ1) is 39.2. The van der Waals surface area contributed by atoms with Crippen LogP contribution in [-0.2, 0) is 40.1 Å². The molecule has 2 fully saturated rings. The average molecular weight is 1280 g/mol. The SMILES string of the molecule is COC[C@]12C[C@H]1[C@@](C)(c1cc(/C=C(\F)c3cnc(Cl)cn3)ccc1F)N=C(N(COCC[Si](C)(C)C)C(=O)OC(C)(C)C)S2.COC[C@]12C[C@H]1[C@@](C)(c1cc(/C=C(\F)c3cnc(Cl)cn3)ccc1F)N=C(N)S2.Cc1ccc(S(=O)(=O)O)cc1. The van der Waals surface area contributed by atoms with Crippen molar-refractivity contribution in [1.82, 2.24) is 24.8 Å². The number of thioether (sulfide) groups is 2. The number of nitrogens with zero attached hydrogens (tertiary/aromatic N) is 7. The van der Waals surface area contributed by atoms with E-state index in [9.17, 15) is 22.0 Å². The summed E-state index contributed by atoms with van der Waals surface area (Å²) in [6.45, 7) is 19.0. The highest BCUT2D eigenvalue weighted by atomic mass is 35.5. The van der Waals surface area contributed by atoms with Crippen LogP contribution >= 0.6 is 46.7 Å². The fourth-order valence-electron chi connectivity index (χ4n) is 9.82. The van der Waals surface area contributed by atoms with E-state index in [-0.39, 0.29) is 55.5 Å². The summed E-state index contributed by atoms with van der Waals surface area (Å²) in [5.74, 6) is -2.16. The highest BCUT2D eigenvalue weighted by Gasteiger charge is 2.68. The number of halogens is 6. The Morgan fingerprint density at radius 3 is 1.69 bits per heavy atom. The summed E-state index contributed by atoms with van der Waals surface area (Å²) in [6, 6.07) is 15.7. The van der Waals surface area contributed by atoms with Crippen LogP contribution in [0.2, 0.25) is 36.0 Å². The van der Waals surface area contributed by atoms with E-state index in [4.69, 9.17) is 57.4 Å². The van der Waals surface area contributed by atoms with Crippen LogP contribution in [0.15, 0.2) is 100 Å². The molecule has 2 saturated carbocycles. The van der Waals surface area contributed by atoms with E-state index in [0.717, 1.165) is 18.0 Å². The van der Waals surface area contributed by atoms with Gasteiger partial charge < -0.3 is 24.7 Å². The van der Waals surface area contributed by atoms with Gasteiger partial charge in [0.25, 0.3) is 10.1 Å². The van der Waals surface area contributed by atoms with E-state index in [1.165, 1.54) is 102 Å². The summed E-state index contributed by atoms with van der Waals surface area (Å²) in [5, 5.41) is 1.09. The molecular formula is C58H68Cl2F4N8O8S3Si. The number of nitrogens with two attached hydrogens (primary N) is 1. The molecule has 0 spiro atoms. The Morgan fingerprint density at radius 1 is 0.786 bits per heavy atom. The van der Waals surface area contributed by atoms with Crippen LogP contribution in [0, 0.1) is 30.4 Å². The zero-order chi connectivity index (χ0) is 61.8. The molecular weight excluding hydrogens is 1210 g/mol. The molecule has 84 heavy (non-hydrogen) atoms. The van der Waals surface area contributed by atoms with E-state index >= 15 is 8.78 Å². The van der Waals surface area contributed by atoms with Gasteiger partial charge in [-0.05, 0) is 120 Å². The molecule has 2 aromatic heterocycles. The number of benzene rings is 3.